The van der Waals surface area contributed by atoms with Gasteiger partial charge in [-0.2, -0.15) is 10.1 Å². The van der Waals surface area contributed by atoms with Crippen LogP contribution >= 0.6 is 11.8 Å². The van der Waals surface area contributed by atoms with Gasteiger partial charge in [0.15, 0.2) is 0 Å². The number of nitrogens with zero attached hydrogens (tertiary/aromatic N) is 3. The fourth-order valence-corrected chi connectivity index (χ4v) is 4.05. The van der Waals surface area contributed by atoms with Gasteiger partial charge >= 0.3 is 0 Å². The second kappa shape index (κ2) is 8.32. The number of pyridine rings is 1. The first-order valence-corrected chi connectivity index (χ1v) is 9.96. The smallest absolute Gasteiger partial charge is 0.237 e. The van der Waals surface area contributed by atoms with Crippen molar-refractivity contribution in [2.24, 2.45) is 0 Å². The first-order valence-electron chi connectivity index (χ1n) is 8.97. The number of fused-ring (bicyclic) bond motifs is 1. The fraction of sp³-hybridized carbons (Fsp3) is 0.143. The molecule has 2 aromatic heterocycles. The third kappa shape index (κ3) is 4.07. The van der Waals surface area contributed by atoms with E-state index in [-0.39, 0.29) is 11.7 Å². The molecule has 1 amide bonds. The van der Waals surface area contributed by atoms with E-state index in [1.54, 1.807) is 7.11 Å². The summed E-state index contributed by atoms with van der Waals surface area (Å²) < 4.78 is 5.38. The summed E-state index contributed by atoms with van der Waals surface area (Å²) in [5.74, 6) is 1.14. The van der Waals surface area contributed by atoms with E-state index in [4.69, 9.17) is 9.72 Å². The van der Waals surface area contributed by atoms with Gasteiger partial charge in [-0.3, -0.25) is 10.1 Å². The summed E-state index contributed by atoms with van der Waals surface area (Å²) in [7, 11) is 1.64. The molecule has 7 nitrogen and oxygen atoms in total. The molecule has 0 atom stereocenters. The summed E-state index contributed by atoms with van der Waals surface area (Å²) in [6, 6.07) is 15.8. The lowest BCUT2D eigenvalue weighted by Crippen LogP contribution is -2.15. The molecular weight excluding hydrogens is 386 g/mol. The number of benzene rings is 2. The van der Waals surface area contributed by atoms with Crippen LogP contribution in [0.15, 0.2) is 59.8 Å². The summed E-state index contributed by atoms with van der Waals surface area (Å²) in [6.45, 7) is 2.06. The van der Waals surface area contributed by atoms with Gasteiger partial charge < -0.3 is 4.74 Å². The maximum atomic E-state index is 12.3. The van der Waals surface area contributed by atoms with Crippen LogP contribution in [0.5, 0.6) is 5.75 Å². The minimum absolute atomic E-state index is 0.170. The topological polar surface area (TPSA) is 92.8 Å². The SMILES string of the molecule is COc1cccc(-c2nc3ccccc3c(C)c2SCC(=O)Nc2ncn[nH]2)c1. The number of aryl methyl sites for hydroxylation is 1. The van der Waals surface area contributed by atoms with E-state index in [1.165, 1.54) is 18.1 Å². The van der Waals surface area contributed by atoms with Crippen molar-refractivity contribution in [3.63, 3.8) is 0 Å². The van der Waals surface area contributed by atoms with E-state index >= 15 is 0 Å². The minimum Gasteiger partial charge on any atom is -0.497 e. The van der Waals surface area contributed by atoms with Gasteiger partial charge in [0.1, 0.15) is 12.1 Å². The van der Waals surface area contributed by atoms with Crippen LogP contribution in [0.25, 0.3) is 22.2 Å². The number of hydrogen-bond acceptors (Lipinski definition) is 6. The van der Waals surface area contributed by atoms with Gasteiger partial charge in [-0.25, -0.2) is 10.1 Å². The molecule has 0 aliphatic heterocycles. The Hall–Kier alpha value is -3.39. The summed E-state index contributed by atoms with van der Waals surface area (Å²) >= 11 is 1.45. The lowest BCUT2D eigenvalue weighted by Gasteiger charge is -2.15. The molecule has 146 valence electrons. The van der Waals surface area contributed by atoms with E-state index in [9.17, 15) is 4.79 Å². The molecule has 0 unspecified atom stereocenters. The number of carbonyl (C=O) groups is 1. The normalized spacial score (nSPS) is 10.8. The first-order chi connectivity index (χ1) is 14.2. The van der Waals surface area contributed by atoms with E-state index in [0.717, 1.165) is 38.4 Å². The number of aromatic amines is 1. The lowest BCUT2D eigenvalue weighted by atomic mass is 10.0. The van der Waals surface area contributed by atoms with Crippen molar-refractivity contribution >= 4 is 34.5 Å². The van der Waals surface area contributed by atoms with Crippen molar-refractivity contribution in [3.8, 4) is 17.0 Å². The molecule has 2 N–H and O–H groups in total. The average Bonchev–Trinajstić information content (AvgIpc) is 3.26. The Bertz CT molecular complexity index is 1160. The van der Waals surface area contributed by atoms with Crippen LogP contribution in [0.1, 0.15) is 5.56 Å². The predicted octanol–water partition coefficient (Wildman–Crippen LogP) is 4.07. The maximum Gasteiger partial charge on any atom is 0.237 e. The van der Waals surface area contributed by atoms with Gasteiger partial charge in [-0.05, 0) is 30.7 Å². The first kappa shape index (κ1) is 18.9. The number of methoxy groups -OCH3 is 1. The minimum atomic E-state index is -0.170. The van der Waals surface area contributed by atoms with Crippen molar-refractivity contribution in [1.29, 1.82) is 0 Å². The monoisotopic (exact) mass is 405 g/mol. The number of para-hydroxylation sites is 1. The molecule has 2 heterocycles. The standard InChI is InChI=1S/C21H19N5O2S/c1-13-16-8-3-4-9-17(16)24-19(14-6-5-7-15(10-14)28-2)20(13)29-11-18(27)25-21-22-12-23-26-21/h3-10,12H,11H2,1-2H3,(H2,22,23,25,26,27). The number of carbonyl (C=O) groups excluding carboxylic acids is 1. The zero-order chi connectivity index (χ0) is 20.2. The molecule has 4 aromatic rings. The Balaban J connectivity index is 1.72. The number of aromatic nitrogens is 4. The zero-order valence-corrected chi connectivity index (χ0v) is 16.8. The quantitative estimate of drug-likeness (QED) is 0.470. The Morgan fingerprint density at radius 2 is 2.07 bits per heavy atom. The van der Waals surface area contributed by atoms with E-state index in [0.29, 0.717) is 5.95 Å². The van der Waals surface area contributed by atoms with Crippen molar-refractivity contribution in [2.75, 3.05) is 18.2 Å². The molecule has 0 aliphatic rings. The molecule has 2 aromatic carbocycles. The highest BCUT2D eigenvalue weighted by atomic mass is 32.2. The molecule has 0 bridgehead atoms. The summed E-state index contributed by atoms with van der Waals surface area (Å²) in [6.07, 6.45) is 1.35. The van der Waals surface area contributed by atoms with Crippen LogP contribution in [0.4, 0.5) is 5.95 Å². The number of anilines is 1. The van der Waals surface area contributed by atoms with Crippen LogP contribution in [0.2, 0.25) is 0 Å². The summed E-state index contributed by atoms with van der Waals surface area (Å²) in [4.78, 5) is 22.1. The molecule has 0 spiro atoms. The maximum absolute atomic E-state index is 12.3. The molecule has 0 radical (unpaired) electrons. The fourth-order valence-electron chi connectivity index (χ4n) is 3.07. The highest BCUT2D eigenvalue weighted by Gasteiger charge is 2.16. The second-order valence-corrected chi connectivity index (χ2v) is 7.32. The number of rotatable bonds is 6. The van der Waals surface area contributed by atoms with E-state index in [2.05, 4.69) is 27.4 Å². The Kier molecular flexibility index (Phi) is 5.44. The summed E-state index contributed by atoms with van der Waals surface area (Å²) in [5, 5.41) is 10.1. The molecule has 0 fully saturated rings. The Morgan fingerprint density at radius 1 is 1.21 bits per heavy atom. The largest absolute Gasteiger partial charge is 0.497 e. The molecule has 0 saturated carbocycles. The van der Waals surface area contributed by atoms with Crippen molar-refractivity contribution < 1.29 is 9.53 Å². The number of hydrogen-bond donors (Lipinski definition) is 2. The van der Waals surface area contributed by atoms with Gasteiger partial charge in [0, 0.05) is 15.8 Å². The van der Waals surface area contributed by atoms with E-state index in [1.807, 2.05) is 48.5 Å². The van der Waals surface area contributed by atoms with Crippen LogP contribution in [-0.2, 0) is 4.79 Å². The van der Waals surface area contributed by atoms with Crippen molar-refractivity contribution in [3.05, 3.63) is 60.4 Å². The van der Waals surface area contributed by atoms with Gasteiger partial charge in [0.2, 0.25) is 11.9 Å². The second-order valence-electron chi connectivity index (χ2n) is 6.33. The van der Waals surface area contributed by atoms with Gasteiger partial charge in [0.25, 0.3) is 0 Å². The number of H-pyrrole nitrogens is 1. The lowest BCUT2D eigenvalue weighted by molar-refractivity contribution is -0.113. The van der Waals surface area contributed by atoms with Crippen molar-refractivity contribution in [1.82, 2.24) is 20.2 Å². The molecule has 4 rings (SSSR count). The number of thioether (sulfide) groups is 1. The van der Waals surface area contributed by atoms with Crippen LogP contribution in [0, 0.1) is 6.92 Å². The highest BCUT2D eigenvalue weighted by Crippen LogP contribution is 2.37. The van der Waals surface area contributed by atoms with Gasteiger partial charge in [-0.1, -0.05) is 30.3 Å². The van der Waals surface area contributed by atoms with Crippen LogP contribution < -0.4 is 10.1 Å². The average molecular weight is 405 g/mol. The third-order valence-corrected chi connectivity index (χ3v) is 5.65. The Morgan fingerprint density at radius 3 is 2.86 bits per heavy atom. The summed E-state index contributed by atoms with van der Waals surface area (Å²) in [5.41, 5.74) is 3.78. The number of amides is 1. The molecule has 29 heavy (non-hydrogen) atoms. The van der Waals surface area contributed by atoms with Gasteiger partial charge in [0.05, 0.1) is 24.1 Å². The van der Waals surface area contributed by atoms with Crippen LogP contribution in [0.3, 0.4) is 0 Å². The molecular formula is C21H19N5O2S. The molecule has 0 aliphatic carbocycles. The van der Waals surface area contributed by atoms with E-state index < -0.39 is 0 Å². The Labute approximate surface area is 171 Å². The number of ether oxygens (including phenoxy) is 1. The predicted molar refractivity (Wildman–Crippen MR) is 114 cm³/mol. The highest BCUT2D eigenvalue weighted by molar-refractivity contribution is 8.00. The van der Waals surface area contributed by atoms with Crippen LogP contribution in [-0.4, -0.2) is 38.9 Å². The van der Waals surface area contributed by atoms with Crippen molar-refractivity contribution in [2.45, 2.75) is 11.8 Å². The molecule has 8 heteroatoms. The van der Waals surface area contributed by atoms with Gasteiger partial charge in [-0.15, -0.1) is 11.8 Å². The third-order valence-electron chi connectivity index (χ3n) is 4.46. The zero-order valence-electron chi connectivity index (χ0n) is 16.0. The number of nitrogens with one attached hydrogen (secondary N) is 2. The molecule has 0 saturated heterocycles.